The minimum atomic E-state index is -0.658. The number of aromatic nitrogens is 1. The zero-order valence-corrected chi connectivity index (χ0v) is 23.5. The van der Waals surface area contributed by atoms with Crippen LogP contribution < -0.4 is 14.9 Å². The van der Waals surface area contributed by atoms with E-state index in [2.05, 4.69) is 57.0 Å². The summed E-state index contributed by atoms with van der Waals surface area (Å²) in [5.41, 5.74) is 0.822. The minimum Gasteiger partial charge on any atom is -0.334 e. The fourth-order valence-corrected chi connectivity index (χ4v) is 5.74. The van der Waals surface area contributed by atoms with E-state index in [-0.39, 0.29) is 23.5 Å². The van der Waals surface area contributed by atoms with Crippen molar-refractivity contribution in [2.75, 3.05) is 11.9 Å². The number of carbonyl (C=O) groups excluding carboxylic acids is 2. The zero-order valence-electron chi connectivity index (χ0n) is 22.6. The molecule has 2 aromatic rings. The molecule has 0 bridgehead atoms. The Morgan fingerprint density at radius 2 is 1.86 bits per heavy atom. The van der Waals surface area contributed by atoms with E-state index >= 15 is 0 Å². The first kappa shape index (κ1) is 27.2. The Kier molecular flexibility index (Phi) is 7.99. The second kappa shape index (κ2) is 10.3. The molecule has 1 saturated carbocycles. The van der Waals surface area contributed by atoms with Crippen LogP contribution in [0.1, 0.15) is 79.7 Å². The van der Waals surface area contributed by atoms with E-state index in [4.69, 9.17) is 4.99 Å². The molecule has 6 nitrogen and oxygen atoms in total. The summed E-state index contributed by atoms with van der Waals surface area (Å²) in [7, 11) is 1.77. The number of urea groups is 1. The lowest BCUT2D eigenvalue weighted by molar-refractivity contribution is -0.131. The van der Waals surface area contributed by atoms with Crippen molar-refractivity contribution in [2.45, 2.75) is 92.2 Å². The van der Waals surface area contributed by atoms with E-state index in [9.17, 15) is 9.59 Å². The summed E-state index contributed by atoms with van der Waals surface area (Å²) in [6, 6.07) is 9.30. The summed E-state index contributed by atoms with van der Waals surface area (Å²) in [4.78, 5) is 33.1. The molecular weight excluding hydrogens is 456 g/mol. The number of nitrogens with zero attached hydrogens (tertiary/aromatic N) is 3. The Bertz CT molecular complexity index is 1110. The molecule has 1 heterocycles. The number of unbranched alkanes of at least 4 members (excludes halogenated alkanes) is 1. The van der Waals surface area contributed by atoms with Gasteiger partial charge in [-0.2, -0.15) is 0 Å². The average molecular weight is 499 g/mol. The third-order valence-corrected chi connectivity index (χ3v) is 9.22. The van der Waals surface area contributed by atoms with E-state index in [1.54, 1.807) is 23.5 Å². The van der Waals surface area contributed by atoms with Crippen LogP contribution in [0.25, 0.3) is 0 Å². The molecule has 3 amide bonds. The van der Waals surface area contributed by atoms with Crippen molar-refractivity contribution in [1.82, 2.24) is 9.27 Å². The molecule has 7 heteroatoms. The van der Waals surface area contributed by atoms with Crippen molar-refractivity contribution in [3.8, 4) is 0 Å². The maximum atomic E-state index is 13.7. The van der Waals surface area contributed by atoms with Crippen LogP contribution in [0.2, 0.25) is 0 Å². The van der Waals surface area contributed by atoms with Gasteiger partial charge in [-0.15, -0.1) is 0 Å². The number of amides is 3. The van der Waals surface area contributed by atoms with Gasteiger partial charge >= 0.3 is 6.03 Å². The first-order valence-corrected chi connectivity index (χ1v) is 13.5. The van der Waals surface area contributed by atoms with Crippen LogP contribution in [-0.4, -0.2) is 29.0 Å². The maximum absolute atomic E-state index is 13.7. The minimum absolute atomic E-state index is 0.0564. The number of carbonyl (C=O) groups is 2. The highest BCUT2D eigenvalue weighted by Gasteiger charge is 2.56. The van der Waals surface area contributed by atoms with Crippen molar-refractivity contribution in [1.29, 1.82) is 0 Å². The number of hydrogen-bond acceptors (Lipinski definition) is 3. The van der Waals surface area contributed by atoms with Crippen LogP contribution in [0.5, 0.6) is 0 Å². The number of nitrogens with one attached hydrogen (secondary N) is 1. The molecule has 1 aromatic carbocycles. The van der Waals surface area contributed by atoms with Crippen molar-refractivity contribution in [3.05, 3.63) is 46.8 Å². The van der Waals surface area contributed by atoms with Gasteiger partial charge in [-0.1, -0.05) is 52.3 Å². The van der Waals surface area contributed by atoms with Crippen LogP contribution in [0, 0.1) is 10.8 Å². The number of rotatable bonds is 6. The molecule has 1 aliphatic carbocycles. The van der Waals surface area contributed by atoms with Gasteiger partial charge in [0.05, 0.1) is 5.41 Å². The van der Waals surface area contributed by atoms with E-state index < -0.39 is 10.8 Å². The Labute approximate surface area is 214 Å². The summed E-state index contributed by atoms with van der Waals surface area (Å²) in [5, 5.41) is 3.20. The summed E-state index contributed by atoms with van der Waals surface area (Å²) in [5.74, 6) is -0.0867. The van der Waals surface area contributed by atoms with Gasteiger partial charge in [0.2, 0.25) is 0 Å². The number of hydrogen-bond donors (Lipinski definition) is 1. The van der Waals surface area contributed by atoms with Crippen molar-refractivity contribution in [2.24, 2.45) is 15.8 Å². The van der Waals surface area contributed by atoms with Gasteiger partial charge in [-0.3, -0.25) is 13.7 Å². The molecule has 2 atom stereocenters. The predicted octanol–water partition coefficient (Wildman–Crippen LogP) is 6.12. The first-order valence-electron chi connectivity index (χ1n) is 12.7. The average Bonchev–Trinajstić information content (AvgIpc) is 3.31. The molecule has 0 radical (unpaired) electrons. The topological polar surface area (TPSA) is 66.7 Å². The molecule has 0 unspecified atom stereocenters. The Morgan fingerprint density at radius 3 is 2.46 bits per heavy atom. The predicted molar refractivity (Wildman–Crippen MR) is 145 cm³/mol. The zero-order chi connectivity index (χ0) is 26.0. The van der Waals surface area contributed by atoms with Gasteiger partial charge in [0, 0.05) is 36.1 Å². The Balaban J connectivity index is 1.85. The Morgan fingerprint density at radius 1 is 1.20 bits per heavy atom. The van der Waals surface area contributed by atoms with E-state index in [1.807, 2.05) is 37.3 Å². The van der Waals surface area contributed by atoms with Crippen LogP contribution >= 0.6 is 11.5 Å². The second-order valence-electron chi connectivity index (χ2n) is 11.6. The molecule has 1 aliphatic rings. The van der Waals surface area contributed by atoms with Crippen LogP contribution in [0.3, 0.4) is 0 Å². The molecule has 1 fully saturated rings. The molecule has 1 N–H and O–H groups in total. The van der Waals surface area contributed by atoms with E-state index in [0.717, 1.165) is 41.6 Å². The van der Waals surface area contributed by atoms with Gasteiger partial charge in [0.1, 0.15) is 4.67 Å². The highest BCUT2D eigenvalue weighted by atomic mass is 32.1. The van der Waals surface area contributed by atoms with Crippen molar-refractivity contribution >= 4 is 29.2 Å². The van der Waals surface area contributed by atoms with Gasteiger partial charge in [-0.05, 0) is 75.5 Å². The van der Waals surface area contributed by atoms with Gasteiger partial charge in [0.25, 0.3) is 5.91 Å². The second-order valence-corrected chi connectivity index (χ2v) is 12.5. The molecule has 3 rings (SSSR count). The van der Waals surface area contributed by atoms with Crippen LogP contribution in [0.4, 0.5) is 10.5 Å². The largest absolute Gasteiger partial charge is 0.334 e. The van der Waals surface area contributed by atoms with Gasteiger partial charge < -0.3 is 5.32 Å². The summed E-state index contributed by atoms with van der Waals surface area (Å²) < 4.78 is 3.03. The maximum Gasteiger partial charge on any atom is 0.321 e. The third kappa shape index (κ3) is 5.55. The summed E-state index contributed by atoms with van der Waals surface area (Å²) in [6.07, 6.45) is 6.70. The summed E-state index contributed by atoms with van der Waals surface area (Å²) in [6.45, 7) is 14.9. The smallest absolute Gasteiger partial charge is 0.321 e. The van der Waals surface area contributed by atoms with E-state index in [1.165, 1.54) is 0 Å². The summed E-state index contributed by atoms with van der Waals surface area (Å²) >= 11 is 1.57. The van der Waals surface area contributed by atoms with Gasteiger partial charge in [-0.25, -0.2) is 9.79 Å². The lowest BCUT2D eigenvalue weighted by atomic mass is 9.67. The lowest BCUT2D eigenvalue weighted by Gasteiger charge is -2.39. The fraction of sp³-hybridized carbons (Fsp3) is 0.607. The first-order chi connectivity index (χ1) is 16.3. The van der Waals surface area contributed by atoms with Crippen molar-refractivity contribution < 1.29 is 9.59 Å². The number of aryl methyl sites for hydroxylation is 1. The monoisotopic (exact) mass is 498 g/mol. The van der Waals surface area contributed by atoms with Crippen LogP contribution in [-0.2, 0) is 16.8 Å². The molecule has 0 spiro atoms. The molecule has 35 heavy (non-hydrogen) atoms. The number of anilines is 1. The molecule has 0 aliphatic heterocycles. The third-order valence-electron chi connectivity index (χ3n) is 7.84. The number of para-hydroxylation sites is 1. The number of benzene rings is 1. The highest BCUT2D eigenvalue weighted by Crippen LogP contribution is 2.53. The normalized spacial score (nSPS) is 22.3. The molecule has 192 valence electrons. The van der Waals surface area contributed by atoms with Gasteiger partial charge in [0.15, 0.2) is 0 Å². The Hall–Kier alpha value is -2.41. The van der Waals surface area contributed by atoms with Crippen molar-refractivity contribution in [3.63, 3.8) is 0 Å². The molecule has 0 saturated heterocycles. The quantitative estimate of drug-likeness (QED) is 0.522. The van der Waals surface area contributed by atoms with Crippen LogP contribution in [0.15, 0.2) is 41.5 Å². The molecular formula is C28H42N4O2S. The molecule has 1 aromatic heterocycles. The lowest BCUT2D eigenvalue weighted by Crippen LogP contribution is -2.52. The SMILES string of the molecule is CCCCc1cn(C(C)(C)C)s/c1=N\C(=O)[C@]1(C)CC[C@H](NC(=O)N(C)c2ccccc2)C1(C)C. The van der Waals surface area contributed by atoms with E-state index in [0.29, 0.717) is 6.42 Å². The fourth-order valence-electron chi connectivity index (χ4n) is 4.70. The standard InChI is InChI=1S/C28H42N4O2S/c1-9-10-14-20-19-32(26(2,3)4)35-23(20)30-24(33)28(7)18-17-22(27(28,5)6)29-25(34)31(8)21-15-12-11-13-16-21/h11-13,15-16,19,22H,9-10,14,17-18H2,1-8H3,(H,29,34)/b30-23-/t22-,28-/m0/s1. The highest BCUT2D eigenvalue weighted by molar-refractivity contribution is 7.04.